The van der Waals surface area contributed by atoms with Crippen molar-refractivity contribution in [2.24, 2.45) is 22.1 Å². The molecule has 1 aliphatic rings. The van der Waals surface area contributed by atoms with E-state index in [-0.39, 0.29) is 11.7 Å². The Morgan fingerprint density at radius 2 is 2.16 bits per heavy atom. The predicted octanol–water partition coefficient (Wildman–Crippen LogP) is 1.31. The molecule has 10 nitrogen and oxygen atoms in total. The summed E-state index contributed by atoms with van der Waals surface area (Å²) in [5.41, 5.74) is 6.32. The molecule has 1 aromatic carbocycles. The van der Waals surface area contributed by atoms with Crippen molar-refractivity contribution < 1.29 is 29.6 Å². The van der Waals surface area contributed by atoms with Crippen LogP contribution in [0.1, 0.15) is 51.5 Å². The summed E-state index contributed by atoms with van der Waals surface area (Å²) in [5.74, 6) is 6.97. The topological polar surface area (TPSA) is 159 Å². The van der Waals surface area contributed by atoms with Crippen molar-refractivity contribution in [2.45, 2.75) is 70.7 Å². The van der Waals surface area contributed by atoms with Gasteiger partial charge in [-0.05, 0) is 56.8 Å². The standard InChI is InChI=1S/C28H44N4O6/c1-19(33)17-31-13-12-28(18-32-27(29)30-3)10-5-6-22(14-21-7-8-24(36)26(15-21)37-4)25(38-20(2)34)16-23(35)9-11-28/h7-8,15,19,22-23,25,31,33,35-36H,6,9,11-14,16-18H2,1-4H3,(H3,29,30,32)/t19-,22+,23-,25-,28-/m0/s1. The van der Waals surface area contributed by atoms with Crippen LogP contribution in [0.5, 0.6) is 11.5 Å². The van der Waals surface area contributed by atoms with Gasteiger partial charge in [0.15, 0.2) is 17.5 Å². The van der Waals surface area contributed by atoms with E-state index in [0.29, 0.717) is 69.9 Å². The molecule has 212 valence electrons. The van der Waals surface area contributed by atoms with Crippen molar-refractivity contribution in [1.29, 1.82) is 0 Å². The van der Waals surface area contributed by atoms with Crippen LogP contribution in [0, 0.1) is 23.2 Å². The molecule has 5 atom stereocenters. The van der Waals surface area contributed by atoms with Crippen LogP contribution in [-0.4, -0.2) is 79.4 Å². The van der Waals surface area contributed by atoms with Crippen LogP contribution in [0.4, 0.5) is 0 Å². The van der Waals surface area contributed by atoms with Crippen LogP contribution < -0.4 is 21.1 Å². The van der Waals surface area contributed by atoms with Crippen molar-refractivity contribution >= 4 is 11.9 Å². The Morgan fingerprint density at radius 1 is 1.39 bits per heavy atom. The van der Waals surface area contributed by atoms with Gasteiger partial charge in [0.05, 0.1) is 24.7 Å². The third kappa shape index (κ3) is 10.4. The van der Waals surface area contributed by atoms with E-state index in [1.165, 1.54) is 14.0 Å². The quantitative estimate of drug-likeness (QED) is 0.0812. The van der Waals surface area contributed by atoms with E-state index in [1.807, 2.05) is 0 Å². The van der Waals surface area contributed by atoms with Crippen molar-refractivity contribution in [3.05, 3.63) is 23.8 Å². The zero-order valence-corrected chi connectivity index (χ0v) is 23.0. The lowest BCUT2D eigenvalue weighted by atomic mass is 9.77. The first-order valence-corrected chi connectivity index (χ1v) is 13.1. The predicted molar refractivity (Wildman–Crippen MR) is 147 cm³/mol. The fourth-order valence-corrected chi connectivity index (χ4v) is 4.68. The summed E-state index contributed by atoms with van der Waals surface area (Å²) < 4.78 is 10.9. The summed E-state index contributed by atoms with van der Waals surface area (Å²) in [5, 5.41) is 37.0. The number of aliphatic hydroxyl groups is 2. The van der Waals surface area contributed by atoms with Gasteiger partial charge in [-0.3, -0.25) is 9.79 Å². The van der Waals surface area contributed by atoms with Gasteiger partial charge in [0.25, 0.3) is 0 Å². The summed E-state index contributed by atoms with van der Waals surface area (Å²) >= 11 is 0. The van der Waals surface area contributed by atoms with Crippen molar-refractivity contribution in [2.75, 3.05) is 33.8 Å². The minimum absolute atomic E-state index is 0.0466. The Hall–Kier alpha value is -3.00. The molecule has 0 radical (unpaired) electrons. The number of aliphatic imine (C=N–C) groups is 1. The number of rotatable bonds is 11. The molecule has 1 aliphatic carbocycles. The van der Waals surface area contributed by atoms with Gasteiger partial charge >= 0.3 is 5.97 Å². The third-order valence-corrected chi connectivity index (χ3v) is 6.83. The first-order chi connectivity index (χ1) is 18.1. The molecule has 0 unspecified atom stereocenters. The molecule has 0 heterocycles. The zero-order valence-electron chi connectivity index (χ0n) is 23.0. The second-order valence-electron chi connectivity index (χ2n) is 10.1. The summed E-state index contributed by atoms with van der Waals surface area (Å²) in [7, 11) is 3.10. The summed E-state index contributed by atoms with van der Waals surface area (Å²) in [4.78, 5) is 15.9. The molecule has 0 spiro atoms. The Labute approximate surface area is 226 Å². The smallest absolute Gasteiger partial charge is 0.302 e. The maximum atomic E-state index is 11.9. The number of aliphatic hydroxyl groups excluding tert-OH is 2. The monoisotopic (exact) mass is 532 g/mol. The molecule has 0 aromatic heterocycles. The van der Waals surface area contributed by atoms with Gasteiger partial charge in [-0.1, -0.05) is 12.0 Å². The molecule has 0 saturated heterocycles. The molecule has 0 aliphatic heterocycles. The van der Waals surface area contributed by atoms with Crippen LogP contribution in [0.3, 0.4) is 0 Å². The highest BCUT2D eigenvalue weighted by Crippen LogP contribution is 2.33. The highest BCUT2D eigenvalue weighted by molar-refractivity contribution is 5.77. The lowest BCUT2D eigenvalue weighted by molar-refractivity contribution is -0.151. The maximum Gasteiger partial charge on any atom is 0.302 e. The van der Waals surface area contributed by atoms with E-state index in [0.717, 1.165) is 5.56 Å². The summed E-state index contributed by atoms with van der Waals surface area (Å²) in [6.45, 7) is 4.66. The number of phenolic OH excluding ortho intramolecular Hbond substituents is 1. The number of hydrogen-bond acceptors (Lipinski definition) is 8. The molecule has 0 fully saturated rings. The fourth-order valence-electron chi connectivity index (χ4n) is 4.68. The number of nitrogens with two attached hydrogens (primary N) is 1. The second kappa shape index (κ2) is 15.4. The highest BCUT2D eigenvalue weighted by Gasteiger charge is 2.33. The van der Waals surface area contributed by atoms with E-state index in [4.69, 9.17) is 15.2 Å². The molecule has 0 saturated carbocycles. The first-order valence-electron chi connectivity index (χ1n) is 13.1. The Balaban J connectivity index is 2.38. The maximum absolute atomic E-state index is 11.9. The summed E-state index contributed by atoms with van der Waals surface area (Å²) in [6.07, 6.45) is 1.33. The first kappa shape index (κ1) is 31.2. The SMILES string of the molecule is CN=C(N)NC[C@@]1(CCNC[C@H](C)O)C#CC[C@H](Cc2ccc(O)c(OC)c2)[C@@H](OC(C)=O)C[C@@H](O)CC1. The molecule has 0 amide bonds. The lowest BCUT2D eigenvalue weighted by Gasteiger charge is -2.33. The van der Waals surface area contributed by atoms with E-state index in [1.54, 1.807) is 32.2 Å². The van der Waals surface area contributed by atoms with Gasteiger partial charge in [0, 0.05) is 45.8 Å². The highest BCUT2D eigenvalue weighted by atomic mass is 16.5. The van der Waals surface area contributed by atoms with Crippen LogP contribution in [0.25, 0.3) is 0 Å². The Morgan fingerprint density at radius 3 is 2.82 bits per heavy atom. The number of esters is 1. The van der Waals surface area contributed by atoms with Crippen molar-refractivity contribution in [1.82, 2.24) is 10.6 Å². The molecule has 7 N–H and O–H groups in total. The molecule has 38 heavy (non-hydrogen) atoms. The molecule has 10 heteroatoms. The number of nitrogens with zero attached hydrogens (tertiary/aromatic N) is 1. The average molecular weight is 533 g/mol. The molecule has 2 rings (SSSR count). The normalized spacial score (nSPS) is 25.0. The lowest BCUT2D eigenvalue weighted by Crippen LogP contribution is -2.43. The zero-order chi connectivity index (χ0) is 28.1. The molecular formula is C28H44N4O6. The van der Waals surface area contributed by atoms with Gasteiger partial charge in [-0.25, -0.2) is 0 Å². The van der Waals surface area contributed by atoms with Gasteiger partial charge in [0.2, 0.25) is 0 Å². The third-order valence-electron chi connectivity index (χ3n) is 6.83. The Kier molecular flexibility index (Phi) is 12.7. The number of guanidine groups is 1. The van der Waals surface area contributed by atoms with Crippen molar-refractivity contribution in [3.8, 4) is 23.3 Å². The number of carbonyl (C=O) groups is 1. The van der Waals surface area contributed by atoms with Crippen LogP contribution in [0.15, 0.2) is 23.2 Å². The number of hydrogen-bond donors (Lipinski definition) is 6. The van der Waals surface area contributed by atoms with Gasteiger partial charge in [0.1, 0.15) is 6.10 Å². The van der Waals surface area contributed by atoms with Crippen LogP contribution in [0.2, 0.25) is 0 Å². The number of aromatic hydroxyl groups is 1. The van der Waals surface area contributed by atoms with Crippen LogP contribution >= 0.6 is 0 Å². The average Bonchev–Trinajstić information content (AvgIpc) is 2.87. The van der Waals surface area contributed by atoms with Gasteiger partial charge in [-0.15, -0.1) is 5.92 Å². The fraction of sp³-hybridized carbons (Fsp3) is 0.643. The van der Waals surface area contributed by atoms with E-state index in [9.17, 15) is 20.1 Å². The van der Waals surface area contributed by atoms with Crippen molar-refractivity contribution in [3.63, 3.8) is 0 Å². The number of ether oxygens (including phenoxy) is 2. The van der Waals surface area contributed by atoms with Gasteiger partial charge in [-0.2, -0.15) is 0 Å². The summed E-state index contributed by atoms with van der Waals surface area (Å²) in [6, 6.07) is 5.14. The number of benzene rings is 1. The molecule has 1 aromatic rings. The minimum atomic E-state index is -0.696. The van der Waals surface area contributed by atoms with Crippen LogP contribution in [-0.2, 0) is 16.0 Å². The number of methoxy groups -OCH3 is 1. The number of phenols is 1. The Bertz CT molecular complexity index is 989. The van der Waals surface area contributed by atoms with Gasteiger partial charge < -0.3 is 41.2 Å². The number of carbonyl (C=O) groups excluding carboxylic acids is 1. The largest absolute Gasteiger partial charge is 0.504 e. The van der Waals surface area contributed by atoms with E-state index < -0.39 is 29.7 Å². The number of nitrogens with one attached hydrogen (secondary N) is 2. The molecular weight excluding hydrogens is 488 g/mol. The molecule has 0 bridgehead atoms. The van der Waals surface area contributed by atoms with E-state index >= 15 is 0 Å². The minimum Gasteiger partial charge on any atom is -0.504 e. The second-order valence-corrected chi connectivity index (χ2v) is 10.1. The van der Waals surface area contributed by atoms with E-state index in [2.05, 4.69) is 27.5 Å².